The molecule has 2 N–H and O–H groups in total. The summed E-state index contributed by atoms with van der Waals surface area (Å²) in [4.78, 5) is 24.1. The molecule has 3 heterocycles. The molecule has 8 nitrogen and oxygen atoms in total. The van der Waals surface area contributed by atoms with Crippen LogP contribution in [0.4, 0.5) is 0 Å². The number of benzene rings is 1. The maximum Gasteiger partial charge on any atom is 0.254 e. The van der Waals surface area contributed by atoms with E-state index in [9.17, 15) is 9.90 Å². The highest BCUT2D eigenvalue weighted by Crippen LogP contribution is 2.25. The number of H-pyrrole nitrogens is 1. The fourth-order valence-corrected chi connectivity index (χ4v) is 4.20. The Hall–Kier alpha value is -2.71. The molecule has 1 aliphatic rings. The Morgan fingerprint density at radius 1 is 1.41 bits per heavy atom. The number of rotatable bonds is 6. The summed E-state index contributed by atoms with van der Waals surface area (Å²) in [6.07, 6.45) is 7.00. The van der Waals surface area contributed by atoms with Crippen LogP contribution in [0.5, 0.6) is 0 Å². The van der Waals surface area contributed by atoms with Crippen LogP contribution < -0.4 is 0 Å². The average molecular weight is 396 g/mol. The first-order valence-corrected chi connectivity index (χ1v) is 10.1. The number of nitrogens with one attached hydrogen (secondary N) is 1. The predicted molar refractivity (Wildman–Crippen MR) is 110 cm³/mol. The number of piperidine rings is 1. The lowest BCUT2D eigenvalue weighted by atomic mass is 9.91. The van der Waals surface area contributed by atoms with Crippen LogP contribution >= 0.6 is 0 Å². The number of aliphatic hydroxyl groups is 1. The number of hydrogen-bond acceptors (Lipinski definition) is 5. The summed E-state index contributed by atoms with van der Waals surface area (Å²) in [5.74, 6) is -0.0495. The van der Waals surface area contributed by atoms with E-state index in [1.165, 1.54) is 0 Å². The van der Waals surface area contributed by atoms with E-state index in [1.54, 1.807) is 17.3 Å². The molecule has 1 fully saturated rings. The van der Waals surface area contributed by atoms with Gasteiger partial charge in [-0.15, -0.1) is 0 Å². The van der Waals surface area contributed by atoms with Crippen LogP contribution in [0, 0.1) is 0 Å². The Balaban J connectivity index is 1.41. The molecule has 2 aromatic heterocycles. The highest BCUT2D eigenvalue weighted by atomic mass is 16.3. The minimum absolute atomic E-state index is 0.0495. The molecule has 0 bridgehead atoms. The van der Waals surface area contributed by atoms with Gasteiger partial charge in [0.2, 0.25) is 0 Å². The van der Waals surface area contributed by atoms with E-state index in [2.05, 4.69) is 26.9 Å². The second-order valence-corrected chi connectivity index (χ2v) is 8.07. The summed E-state index contributed by atoms with van der Waals surface area (Å²) < 4.78 is 1.90. The predicted octanol–water partition coefficient (Wildman–Crippen LogP) is 1.88. The number of hydrogen-bond donors (Lipinski definition) is 2. The third kappa shape index (κ3) is 4.33. The van der Waals surface area contributed by atoms with Crippen molar-refractivity contribution in [3.63, 3.8) is 0 Å². The number of aromatic amines is 1. The second kappa shape index (κ2) is 7.96. The van der Waals surface area contributed by atoms with Crippen molar-refractivity contribution in [2.75, 3.05) is 26.7 Å². The molecule has 8 heteroatoms. The quantitative estimate of drug-likeness (QED) is 0.664. The molecule has 0 spiro atoms. The molecule has 1 aromatic carbocycles. The van der Waals surface area contributed by atoms with Crippen LogP contribution in [-0.4, -0.2) is 72.8 Å². The minimum Gasteiger partial charge on any atom is -0.387 e. The maximum absolute atomic E-state index is 13.0. The van der Waals surface area contributed by atoms with Crippen molar-refractivity contribution in [2.45, 2.75) is 38.5 Å². The molecule has 0 radical (unpaired) electrons. The fourth-order valence-electron chi connectivity index (χ4n) is 4.20. The van der Waals surface area contributed by atoms with Crippen molar-refractivity contribution < 1.29 is 9.90 Å². The summed E-state index contributed by atoms with van der Waals surface area (Å²) >= 11 is 0. The van der Waals surface area contributed by atoms with Gasteiger partial charge in [0.1, 0.15) is 0 Å². The smallest absolute Gasteiger partial charge is 0.254 e. The Kier molecular flexibility index (Phi) is 5.38. The molecule has 29 heavy (non-hydrogen) atoms. The highest BCUT2D eigenvalue weighted by molar-refractivity contribution is 5.97. The number of nitrogens with zero attached hydrogens (tertiary/aromatic N) is 5. The summed E-state index contributed by atoms with van der Waals surface area (Å²) in [7, 11) is 1.99. The van der Waals surface area contributed by atoms with E-state index in [-0.39, 0.29) is 5.91 Å². The molecule has 0 saturated carbocycles. The standard InChI is InChI=1S/C21H28N6O2/c1-3-27-12-16(10-24-27)11-25(2)13-21(29)7-4-8-26(14-21)20(28)17-5-6-18-19(9-17)23-15-22-18/h5-6,9-10,12,15,29H,3-4,7-8,11,13-14H2,1-2H3,(H,22,23). The lowest BCUT2D eigenvalue weighted by Crippen LogP contribution is -2.55. The summed E-state index contributed by atoms with van der Waals surface area (Å²) in [5, 5.41) is 15.5. The van der Waals surface area contributed by atoms with E-state index in [4.69, 9.17) is 0 Å². The summed E-state index contributed by atoms with van der Waals surface area (Å²) in [6.45, 7) is 5.12. The van der Waals surface area contributed by atoms with Gasteiger partial charge in [-0.2, -0.15) is 5.10 Å². The number of carbonyl (C=O) groups is 1. The zero-order valence-corrected chi connectivity index (χ0v) is 17.0. The molecule has 1 aliphatic heterocycles. The fraction of sp³-hybridized carbons (Fsp3) is 0.476. The van der Waals surface area contributed by atoms with E-state index >= 15 is 0 Å². The van der Waals surface area contributed by atoms with Crippen molar-refractivity contribution in [2.24, 2.45) is 0 Å². The number of amides is 1. The third-order valence-electron chi connectivity index (χ3n) is 5.54. The van der Waals surface area contributed by atoms with Gasteiger partial charge in [0, 0.05) is 43.5 Å². The van der Waals surface area contributed by atoms with Crippen molar-refractivity contribution in [1.82, 2.24) is 29.5 Å². The van der Waals surface area contributed by atoms with E-state index in [0.29, 0.717) is 38.2 Å². The van der Waals surface area contributed by atoms with E-state index < -0.39 is 5.60 Å². The zero-order valence-electron chi connectivity index (χ0n) is 17.0. The SMILES string of the molecule is CCn1cc(CN(C)CC2(O)CCCN(C(=O)c3ccc4nc[nH]c4c3)C2)cn1. The van der Waals surface area contributed by atoms with Gasteiger partial charge < -0.3 is 15.0 Å². The van der Waals surface area contributed by atoms with Crippen molar-refractivity contribution >= 4 is 16.9 Å². The molecular weight excluding hydrogens is 368 g/mol. The largest absolute Gasteiger partial charge is 0.387 e. The van der Waals surface area contributed by atoms with Crippen LogP contribution in [0.2, 0.25) is 0 Å². The number of aryl methyl sites for hydroxylation is 1. The van der Waals surface area contributed by atoms with Gasteiger partial charge in [-0.1, -0.05) is 0 Å². The third-order valence-corrected chi connectivity index (χ3v) is 5.54. The molecule has 1 amide bonds. The van der Waals surface area contributed by atoms with Gasteiger partial charge in [0.25, 0.3) is 5.91 Å². The van der Waals surface area contributed by atoms with Crippen LogP contribution in [-0.2, 0) is 13.1 Å². The Labute approximate surface area is 170 Å². The second-order valence-electron chi connectivity index (χ2n) is 8.07. The Bertz CT molecular complexity index is 996. The average Bonchev–Trinajstić information content (AvgIpc) is 3.35. The number of aromatic nitrogens is 4. The zero-order chi connectivity index (χ0) is 20.4. The topological polar surface area (TPSA) is 90.3 Å². The number of imidazole rings is 1. The number of likely N-dealkylation sites (N-methyl/N-ethyl adjacent to an activating group) is 1. The van der Waals surface area contributed by atoms with Gasteiger partial charge in [-0.3, -0.25) is 14.4 Å². The van der Waals surface area contributed by atoms with Gasteiger partial charge in [-0.05, 0) is 45.0 Å². The monoisotopic (exact) mass is 396 g/mol. The number of fused-ring (bicyclic) bond motifs is 1. The van der Waals surface area contributed by atoms with E-state index in [0.717, 1.165) is 29.6 Å². The van der Waals surface area contributed by atoms with Gasteiger partial charge >= 0.3 is 0 Å². The molecule has 4 rings (SSSR count). The first-order chi connectivity index (χ1) is 14.0. The molecule has 1 saturated heterocycles. The minimum atomic E-state index is -0.915. The number of carbonyl (C=O) groups excluding carboxylic acids is 1. The van der Waals surface area contributed by atoms with Crippen LogP contribution in [0.15, 0.2) is 36.9 Å². The number of likely N-dealkylation sites (tertiary alicyclic amines) is 1. The molecular formula is C21H28N6O2. The Morgan fingerprint density at radius 2 is 2.28 bits per heavy atom. The molecule has 3 aromatic rings. The maximum atomic E-state index is 13.0. The highest BCUT2D eigenvalue weighted by Gasteiger charge is 2.36. The normalized spacial score (nSPS) is 19.9. The molecule has 154 valence electrons. The summed E-state index contributed by atoms with van der Waals surface area (Å²) in [6, 6.07) is 5.48. The summed E-state index contributed by atoms with van der Waals surface area (Å²) in [5.41, 5.74) is 2.50. The van der Waals surface area contributed by atoms with Crippen LogP contribution in [0.1, 0.15) is 35.7 Å². The molecule has 1 unspecified atom stereocenters. The van der Waals surface area contributed by atoms with Gasteiger partial charge in [0.15, 0.2) is 0 Å². The van der Waals surface area contributed by atoms with Crippen molar-refractivity contribution in [3.8, 4) is 0 Å². The van der Waals surface area contributed by atoms with E-state index in [1.807, 2.05) is 36.3 Å². The van der Waals surface area contributed by atoms with Gasteiger partial charge in [-0.25, -0.2) is 4.98 Å². The first kappa shape index (κ1) is 19.6. The Morgan fingerprint density at radius 3 is 3.07 bits per heavy atom. The molecule has 0 aliphatic carbocycles. The van der Waals surface area contributed by atoms with Crippen molar-refractivity contribution in [1.29, 1.82) is 0 Å². The molecule has 1 atom stereocenters. The van der Waals surface area contributed by atoms with Crippen molar-refractivity contribution in [3.05, 3.63) is 48.0 Å². The number of β-amino-alcohol motifs (C(OH)–C–C–N with tert-alkyl or cyclic N) is 1. The lowest BCUT2D eigenvalue weighted by molar-refractivity contribution is -0.0438. The van der Waals surface area contributed by atoms with Gasteiger partial charge in [0.05, 0.1) is 35.7 Å². The lowest BCUT2D eigenvalue weighted by Gasteiger charge is -2.41. The van der Waals surface area contributed by atoms with Crippen LogP contribution in [0.3, 0.4) is 0 Å². The first-order valence-electron chi connectivity index (χ1n) is 10.1. The van der Waals surface area contributed by atoms with Crippen LogP contribution in [0.25, 0.3) is 11.0 Å².